The molecule has 0 radical (unpaired) electrons. The van der Waals surface area contributed by atoms with E-state index in [0.717, 1.165) is 5.56 Å². The number of nitrogens with one attached hydrogen (secondary N) is 1. The average molecular weight is 225 g/mol. The summed E-state index contributed by atoms with van der Waals surface area (Å²) in [6.07, 6.45) is 3.42. The number of hydrogen-bond donors (Lipinski definition) is 2. The van der Waals surface area contributed by atoms with Gasteiger partial charge in [-0.15, -0.1) is 0 Å². The summed E-state index contributed by atoms with van der Waals surface area (Å²) >= 11 is 0. The molecular weight excluding hydrogens is 214 g/mol. The van der Waals surface area contributed by atoms with Gasteiger partial charge in [-0.05, 0) is 35.9 Å². The molecule has 0 spiro atoms. The van der Waals surface area contributed by atoms with Gasteiger partial charge >= 0.3 is 0 Å². The molecule has 0 unspecified atom stereocenters. The first-order valence-electron chi connectivity index (χ1n) is 5.15. The van der Waals surface area contributed by atoms with E-state index in [1.807, 2.05) is 18.2 Å². The summed E-state index contributed by atoms with van der Waals surface area (Å²) in [6.45, 7) is 0.574. The van der Waals surface area contributed by atoms with E-state index in [0.29, 0.717) is 17.8 Å². The topological polar surface area (TPSA) is 68.9 Å². The molecule has 1 aromatic heterocycles. The molecule has 0 bridgehead atoms. The van der Waals surface area contributed by atoms with Crippen LogP contribution in [0, 0.1) is 11.3 Å². The second kappa shape index (κ2) is 4.99. The number of nitrogens with zero attached hydrogens (tertiary/aromatic N) is 2. The van der Waals surface area contributed by atoms with Gasteiger partial charge in [-0.2, -0.15) is 5.26 Å². The Morgan fingerprint density at radius 1 is 1.24 bits per heavy atom. The number of phenolic OH excluding ortho intramolecular Hbond substituents is 1. The van der Waals surface area contributed by atoms with E-state index in [2.05, 4.69) is 10.3 Å². The number of aromatic nitrogens is 1. The number of rotatable bonds is 3. The molecule has 0 aliphatic carbocycles. The lowest BCUT2D eigenvalue weighted by molar-refractivity contribution is 0.477. The zero-order valence-corrected chi connectivity index (χ0v) is 9.09. The first kappa shape index (κ1) is 11.0. The minimum absolute atomic E-state index is 0.137. The van der Waals surface area contributed by atoms with Crippen molar-refractivity contribution in [1.82, 2.24) is 4.98 Å². The van der Waals surface area contributed by atoms with E-state index in [4.69, 9.17) is 5.26 Å². The van der Waals surface area contributed by atoms with Crippen LogP contribution in [0.4, 0.5) is 5.69 Å². The minimum atomic E-state index is 0.137. The molecule has 4 nitrogen and oxygen atoms in total. The SMILES string of the molecule is N#Cc1ccc(O)c(NCc2ccncc2)c1. The lowest BCUT2D eigenvalue weighted by Gasteiger charge is -2.08. The molecule has 1 heterocycles. The van der Waals surface area contributed by atoms with Gasteiger partial charge in [-0.25, -0.2) is 0 Å². The Labute approximate surface area is 99.2 Å². The van der Waals surface area contributed by atoms with Crippen molar-refractivity contribution in [3.63, 3.8) is 0 Å². The van der Waals surface area contributed by atoms with E-state index < -0.39 is 0 Å². The van der Waals surface area contributed by atoms with Crippen LogP contribution in [0.2, 0.25) is 0 Å². The minimum Gasteiger partial charge on any atom is -0.506 e. The van der Waals surface area contributed by atoms with Gasteiger partial charge in [0.25, 0.3) is 0 Å². The predicted molar refractivity (Wildman–Crippen MR) is 64.4 cm³/mol. The molecule has 84 valence electrons. The van der Waals surface area contributed by atoms with Crippen molar-refractivity contribution in [3.8, 4) is 11.8 Å². The van der Waals surface area contributed by atoms with Crippen molar-refractivity contribution in [3.05, 3.63) is 53.9 Å². The molecule has 0 saturated carbocycles. The highest BCUT2D eigenvalue weighted by atomic mass is 16.3. The Morgan fingerprint density at radius 2 is 2.00 bits per heavy atom. The molecule has 4 heteroatoms. The van der Waals surface area contributed by atoms with Crippen molar-refractivity contribution in [1.29, 1.82) is 5.26 Å². The lowest BCUT2D eigenvalue weighted by atomic mass is 10.2. The fourth-order valence-electron chi connectivity index (χ4n) is 1.45. The molecule has 2 rings (SSSR count). The van der Waals surface area contributed by atoms with Crippen LogP contribution in [0.1, 0.15) is 11.1 Å². The molecule has 0 amide bonds. The van der Waals surface area contributed by atoms with Crippen LogP contribution < -0.4 is 5.32 Å². The third kappa shape index (κ3) is 2.73. The normalized spacial score (nSPS) is 9.59. The fraction of sp³-hybridized carbons (Fsp3) is 0.0769. The van der Waals surface area contributed by atoms with E-state index >= 15 is 0 Å². The molecular formula is C13H11N3O. The molecule has 2 aromatic rings. The van der Waals surface area contributed by atoms with Crippen LogP contribution in [-0.4, -0.2) is 10.1 Å². The molecule has 17 heavy (non-hydrogen) atoms. The third-order valence-electron chi connectivity index (χ3n) is 2.36. The molecule has 2 N–H and O–H groups in total. The Balaban J connectivity index is 2.12. The maximum atomic E-state index is 9.62. The Hall–Kier alpha value is -2.54. The number of anilines is 1. The monoisotopic (exact) mass is 225 g/mol. The van der Waals surface area contributed by atoms with Crippen LogP contribution in [0.15, 0.2) is 42.7 Å². The maximum absolute atomic E-state index is 9.62. The molecule has 0 fully saturated rings. The molecule has 0 atom stereocenters. The van der Waals surface area contributed by atoms with Crippen molar-refractivity contribution < 1.29 is 5.11 Å². The zero-order valence-electron chi connectivity index (χ0n) is 9.09. The van der Waals surface area contributed by atoms with Crippen LogP contribution >= 0.6 is 0 Å². The second-order valence-corrected chi connectivity index (χ2v) is 3.55. The lowest BCUT2D eigenvalue weighted by Crippen LogP contribution is -1.99. The molecule has 0 saturated heterocycles. The summed E-state index contributed by atoms with van der Waals surface area (Å²) < 4.78 is 0. The summed E-state index contributed by atoms with van der Waals surface area (Å²) in [5.74, 6) is 0.137. The van der Waals surface area contributed by atoms with E-state index in [-0.39, 0.29) is 5.75 Å². The van der Waals surface area contributed by atoms with Crippen molar-refractivity contribution in [2.24, 2.45) is 0 Å². The van der Waals surface area contributed by atoms with Gasteiger partial charge in [0, 0.05) is 18.9 Å². The van der Waals surface area contributed by atoms with Crippen molar-refractivity contribution in [2.45, 2.75) is 6.54 Å². The van der Waals surface area contributed by atoms with Gasteiger partial charge in [-0.3, -0.25) is 4.98 Å². The van der Waals surface area contributed by atoms with Crippen molar-refractivity contribution in [2.75, 3.05) is 5.32 Å². The summed E-state index contributed by atoms with van der Waals surface area (Å²) in [4.78, 5) is 3.93. The third-order valence-corrected chi connectivity index (χ3v) is 2.36. The number of hydrogen-bond acceptors (Lipinski definition) is 4. The largest absolute Gasteiger partial charge is 0.506 e. The van der Waals surface area contributed by atoms with E-state index in [1.54, 1.807) is 24.5 Å². The fourth-order valence-corrected chi connectivity index (χ4v) is 1.45. The van der Waals surface area contributed by atoms with Gasteiger partial charge in [0.1, 0.15) is 5.75 Å². The first-order chi connectivity index (χ1) is 8.29. The average Bonchev–Trinajstić information content (AvgIpc) is 2.39. The van der Waals surface area contributed by atoms with Crippen LogP contribution in [0.5, 0.6) is 5.75 Å². The quantitative estimate of drug-likeness (QED) is 0.786. The Bertz CT molecular complexity index is 546. The maximum Gasteiger partial charge on any atom is 0.138 e. The number of benzene rings is 1. The van der Waals surface area contributed by atoms with Gasteiger partial charge in [0.2, 0.25) is 0 Å². The first-order valence-corrected chi connectivity index (χ1v) is 5.15. The van der Waals surface area contributed by atoms with Gasteiger partial charge in [0.15, 0.2) is 0 Å². The summed E-state index contributed by atoms with van der Waals surface area (Å²) in [6, 6.07) is 10.5. The standard InChI is InChI=1S/C13H11N3O/c14-8-11-1-2-13(17)12(7-11)16-9-10-3-5-15-6-4-10/h1-7,16-17H,9H2. The Kier molecular flexibility index (Phi) is 3.22. The number of phenols is 1. The summed E-state index contributed by atoms with van der Waals surface area (Å²) in [5.41, 5.74) is 2.13. The molecule has 0 aliphatic rings. The van der Waals surface area contributed by atoms with Crippen LogP contribution in [0.3, 0.4) is 0 Å². The van der Waals surface area contributed by atoms with Crippen LogP contribution in [-0.2, 0) is 6.54 Å². The number of nitriles is 1. The Morgan fingerprint density at radius 3 is 2.71 bits per heavy atom. The molecule has 1 aromatic carbocycles. The second-order valence-electron chi connectivity index (χ2n) is 3.55. The highest BCUT2D eigenvalue weighted by molar-refractivity contribution is 5.59. The zero-order chi connectivity index (χ0) is 12.1. The van der Waals surface area contributed by atoms with E-state index in [1.165, 1.54) is 6.07 Å². The summed E-state index contributed by atoms with van der Waals surface area (Å²) in [7, 11) is 0. The predicted octanol–water partition coefficient (Wildman–Crippen LogP) is 2.27. The van der Waals surface area contributed by atoms with Gasteiger partial charge < -0.3 is 10.4 Å². The smallest absolute Gasteiger partial charge is 0.138 e. The van der Waals surface area contributed by atoms with Gasteiger partial charge in [0.05, 0.1) is 17.3 Å². The van der Waals surface area contributed by atoms with Crippen LogP contribution in [0.25, 0.3) is 0 Å². The van der Waals surface area contributed by atoms with E-state index in [9.17, 15) is 5.11 Å². The number of aromatic hydroxyl groups is 1. The van der Waals surface area contributed by atoms with Crippen molar-refractivity contribution >= 4 is 5.69 Å². The molecule has 0 aliphatic heterocycles. The number of pyridine rings is 1. The highest BCUT2D eigenvalue weighted by Gasteiger charge is 2.02. The highest BCUT2D eigenvalue weighted by Crippen LogP contribution is 2.24. The summed E-state index contributed by atoms with van der Waals surface area (Å²) in [5, 5.41) is 21.5. The van der Waals surface area contributed by atoms with Gasteiger partial charge in [-0.1, -0.05) is 0 Å².